The van der Waals surface area contributed by atoms with Crippen LogP contribution in [0.25, 0.3) is 0 Å². The maximum atomic E-state index is 12.6. The summed E-state index contributed by atoms with van der Waals surface area (Å²) in [5.74, 6) is 0.235. The normalized spacial score (nSPS) is 13.9. The van der Waals surface area contributed by atoms with Crippen molar-refractivity contribution in [1.29, 1.82) is 0 Å². The fourth-order valence-electron chi connectivity index (χ4n) is 3.13. The Morgan fingerprint density at radius 3 is 2.50 bits per heavy atom. The Balaban J connectivity index is 1.77. The first-order valence-electron chi connectivity index (χ1n) is 8.93. The maximum Gasteiger partial charge on any atom is 0.263 e. The number of hydrogen-bond acceptors (Lipinski definition) is 4. The number of hydrogen-bond donors (Lipinski definition) is 1. The molecule has 0 aliphatic carbocycles. The van der Waals surface area contributed by atoms with Crippen molar-refractivity contribution in [2.24, 2.45) is 0 Å². The van der Waals surface area contributed by atoms with Crippen LogP contribution in [0, 0.1) is 0 Å². The van der Waals surface area contributed by atoms with E-state index >= 15 is 0 Å². The van der Waals surface area contributed by atoms with Gasteiger partial charge in [-0.05, 0) is 57.4 Å². The molecule has 1 aliphatic heterocycles. The van der Waals surface area contributed by atoms with Gasteiger partial charge in [-0.25, -0.2) is 8.42 Å². The van der Waals surface area contributed by atoms with Crippen LogP contribution in [0.5, 0.6) is 0 Å². The van der Waals surface area contributed by atoms with Gasteiger partial charge in [0.25, 0.3) is 15.9 Å². The van der Waals surface area contributed by atoms with Crippen LogP contribution in [0.3, 0.4) is 0 Å². The smallest absolute Gasteiger partial charge is 0.263 e. The molecule has 0 radical (unpaired) electrons. The van der Waals surface area contributed by atoms with E-state index in [0.29, 0.717) is 24.5 Å². The standard InChI is InChI=1S/C18H24N4O3S/c1-3-21(4-2)18(23)14-8-10-16(11-9-14)26(24,25)20-17-13-15-7-5-6-12-22(15)19-17/h8-11,13H,3-7,12H2,1-2H3,(H,19,20). The molecule has 1 N–H and O–H groups in total. The van der Waals surface area contributed by atoms with Gasteiger partial charge in [-0.3, -0.25) is 14.2 Å². The molecule has 0 saturated carbocycles. The van der Waals surface area contributed by atoms with Gasteiger partial charge in [-0.2, -0.15) is 5.10 Å². The first-order valence-corrected chi connectivity index (χ1v) is 10.4. The van der Waals surface area contributed by atoms with Crippen LogP contribution in [0.15, 0.2) is 35.2 Å². The first kappa shape index (κ1) is 18.4. The van der Waals surface area contributed by atoms with Crippen molar-refractivity contribution in [2.75, 3.05) is 17.8 Å². The van der Waals surface area contributed by atoms with E-state index in [1.807, 2.05) is 18.5 Å². The van der Waals surface area contributed by atoms with E-state index in [0.717, 1.165) is 31.5 Å². The third-order valence-corrected chi connectivity index (χ3v) is 5.99. The number of anilines is 1. The van der Waals surface area contributed by atoms with Gasteiger partial charge in [0.15, 0.2) is 5.82 Å². The molecule has 0 atom stereocenters. The van der Waals surface area contributed by atoms with E-state index < -0.39 is 10.0 Å². The Labute approximate surface area is 154 Å². The van der Waals surface area contributed by atoms with E-state index in [-0.39, 0.29) is 10.8 Å². The zero-order valence-corrected chi connectivity index (χ0v) is 15.9. The van der Waals surface area contributed by atoms with Gasteiger partial charge in [0.1, 0.15) is 0 Å². The second kappa shape index (κ2) is 7.49. The number of fused-ring (bicyclic) bond motifs is 1. The number of benzene rings is 1. The maximum absolute atomic E-state index is 12.6. The summed E-state index contributed by atoms with van der Waals surface area (Å²) in [4.78, 5) is 14.1. The van der Waals surface area contributed by atoms with Crippen molar-refractivity contribution in [3.8, 4) is 0 Å². The third kappa shape index (κ3) is 3.75. The molecular weight excluding hydrogens is 352 g/mol. The average Bonchev–Trinajstić information content (AvgIpc) is 3.04. The molecule has 3 rings (SSSR count). The van der Waals surface area contributed by atoms with Gasteiger partial charge < -0.3 is 4.90 Å². The number of amides is 1. The highest BCUT2D eigenvalue weighted by Gasteiger charge is 2.20. The van der Waals surface area contributed by atoms with Crippen molar-refractivity contribution < 1.29 is 13.2 Å². The van der Waals surface area contributed by atoms with Gasteiger partial charge in [0.05, 0.1) is 4.90 Å². The second-order valence-corrected chi connectivity index (χ2v) is 7.99. The number of carbonyl (C=O) groups excluding carboxylic acids is 1. The first-order chi connectivity index (χ1) is 12.4. The quantitative estimate of drug-likeness (QED) is 0.839. The lowest BCUT2D eigenvalue weighted by molar-refractivity contribution is 0.0773. The van der Waals surface area contributed by atoms with Crippen LogP contribution in [0.1, 0.15) is 42.7 Å². The number of sulfonamides is 1. The summed E-state index contributed by atoms with van der Waals surface area (Å²) in [5, 5.41) is 4.32. The second-order valence-electron chi connectivity index (χ2n) is 6.31. The van der Waals surface area contributed by atoms with Gasteiger partial charge in [-0.15, -0.1) is 0 Å². The van der Waals surface area contributed by atoms with Crippen LogP contribution in [0.4, 0.5) is 5.82 Å². The van der Waals surface area contributed by atoms with Crippen molar-refractivity contribution in [3.63, 3.8) is 0 Å². The molecular formula is C18H24N4O3S. The lowest BCUT2D eigenvalue weighted by atomic mass is 10.1. The molecule has 1 aliphatic rings. The largest absolute Gasteiger partial charge is 0.339 e. The molecule has 0 spiro atoms. The minimum Gasteiger partial charge on any atom is -0.339 e. The zero-order valence-electron chi connectivity index (χ0n) is 15.1. The Morgan fingerprint density at radius 2 is 1.88 bits per heavy atom. The Morgan fingerprint density at radius 1 is 1.19 bits per heavy atom. The molecule has 0 saturated heterocycles. The minimum atomic E-state index is -3.74. The van der Waals surface area contributed by atoms with Crippen LogP contribution in [-0.4, -0.2) is 42.1 Å². The predicted molar refractivity (Wildman–Crippen MR) is 99.7 cm³/mol. The minimum absolute atomic E-state index is 0.103. The molecule has 1 amide bonds. The van der Waals surface area contributed by atoms with Crippen molar-refractivity contribution >= 4 is 21.7 Å². The lowest BCUT2D eigenvalue weighted by Gasteiger charge is -2.18. The highest BCUT2D eigenvalue weighted by molar-refractivity contribution is 7.92. The van der Waals surface area contributed by atoms with Crippen LogP contribution in [0.2, 0.25) is 0 Å². The molecule has 8 heteroatoms. The van der Waals surface area contributed by atoms with Gasteiger partial charge >= 0.3 is 0 Å². The number of nitrogens with zero attached hydrogens (tertiary/aromatic N) is 3. The molecule has 2 heterocycles. The van der Waals surface area contributed by atoms with Crippen LogP contribution < -0.4 is 4.72 Å². The fraction of sp³-hybridized carbons (Fsp3) is 0.444. The molecule has 7 nitrogen and oxygen atoms in total. The highest BCUT2D eigenvalue weighted by Crippen LogP contribution is 2.21. The molecule has 2 aromatic rings. The third-order valence-electron chi connectivity index (χ3n) is 4.62. The van der Waals surface area contributed by atoms with Crippen molar-refractivity contribution in [3.05, 3.63) is 41.6 Å². The summed E-state index contributed by atoms with van der Waals surface area (Å²) in [5.41, 5.74) is 1.53. The number of aryl methyl sites for hydroxylation is 2. The summed E-state index contributed by atoms with van der Waals surface area (Å²) in [6.07, 6.45) is 3.07. The van der Waals surface area contributed by atoms with E-state index in [2.05, 4.69) is 9.82 Å². The van der Waals surface area contributed by atoms with E-state index in [4.69, 9.17) is 0 Å². The van der Waals surface area contributed by atoms with Gasteiger partial charge in [0, 0.05) is 37.0 Å². The topological polar surface area (TPSA) is 84.3 Å². The summed E-state index contributed by atoms with van der Waals surface area (Å²) >= 11 is 0. The predicted octanol–water partition coefficient (Wildman–Crippen LogP) is 2.50. The Kier molecular flexibility index (Phi) is 5.31. The molecule has 0 unspecified atom stereocenters. The van der Waals surface area contributed by atoms with E-state index in [1.165, 1.54) is 12.1 Å². The number of nitrogens with one attached hydrogen (secondary N) is 1. The Bertz CT molecular complexity index is 860. The molecule has 1 aromatic carbocycles. The average molecular weight is 376 g/mol. The molecule has 26 heavy (non-hydrogen) atoms. The van der Waals surface area contributed by atoms with E-state index in [1.54, 1.807) is 23.1 Å². The summed E-state index contributed by atoms with van der Waals surface area (Å²) in [6.45, 7) is 5.87. The number of aromatic nitrogens is 2. The molecule has 0 fully saturated rings. The lowest BCUT2D eigenvalue weighted by Crippen LogP contribution is -2.30. The van der Waals surface area contributed by atoms with Crippen molar-refractivity contribution in [1.82, 2.24) is 14.7 Å². The number of rotatable bonds is 6. The summed E-state index contributed by atoms with van der Waals surface area (Å²) in [6, 6.07) is 7.79. The monoisotopic (exact) mass is 376 g/mol. The summed E-state index contributed by atoms with van der Waals surface area (Å²) < 4.78 is 29.6. The SMILES string of the molecule is CCN(CC)C(=O)c1ccc(S(=O)(=O)Nc2cc3n(n2)CCCC3)cc1. The highest BCUT2D eigenvalue weighted by atomic mass is 32.2. The Hall–Kier alpha value is -2.35. The van der Waals surface area contributed by atoms with Crippen LogP contribution >= 0.6 is 0 Å². The molecule has 140 valence electrons. The number of carbonyl (C=O) groups is 1. The van der Waals surface area contributed by atoms with E-state index in [9.17, 15) is 13.2 Å². The van der Waals surface area contributed by atoms with Gasteiger partial charge in [0.2, 0.25) is 0 Å². The molecule has 0 bridgehead atoms. The summed E-state index contributed by atoms with van der Waals surface area (Å²) in [7, 11) is -3.74. The van der Waals surface area contributed by atoms with Crippen LogP contribution in [-0.2, 0) is 23.0 Å². The fourth-order valence-corrected chi connectivity index (χ4v) is 4.12. The van der Waals surface area contributed by atoms with Gasteiger partial charge in [-0.1, -0.05) is 0 Å². The van der Waals surface area contributed by atoms with Crippen molar-refractivity contribution in [2.45, 2.75) is 44.6 Å². The zero-order chi connectivity index (χ0) is 18.7. The molecule has 1 aromatic heterocycles.